The number of fused-ring (bicyclic) bond motifs is 1. The van der Waals surface area contributed by atoms with E-state index in [4.69, 9.17) is 11.6 Å². The van der Waals surface area contributed by atoms with E-state index in [0.29, 0.717) is 29.1 Å². The maximum Gasteiger partial charge on any atom is 0.252 e. The van der Waals surface area contributed by atoms with Gasteiger partial charge in [0, 0.05) is 35.2 Å². The van der Waals surface area contributed by atoms with Crippen molar-refractivity contribution in [2.75, 3.05) is 39.8 Å². The molecule has 0 saturated carbocycles. The third-order valence-electron chi connectivity index (χ3n) is 7.98. The minimum Gasteiger partial charge on any atom is -0.360 e. The second-order valence-electron chi connectivity index (χ2n) is 10.5. The topological polar surface area (TPSA) is 80.5 Å². The van der Waals surface area contributed by atoms with Crippen LogP contribution in [0.4, 0.5) is 0 Å². The van der Waals surface area contributed by atoms with Crippen LogP contribution in [0, 0.1) is 5.92 Å². The predicted octanol–water partition coefficient (Wildman–Crippen LogP) is 4.21. The molecular formula is C29H36ClN5O2. The van der Waals surface area contributed by atoms with Gasteiger partial charge in [-0.3, -0.25) is 9.59 Å². The number of aromatic nitrogens is 1. The van der Waals surface area contributed by atoms with Gasteiger partial charge in [-0.2, -0.15) is 0 Å². The van der Waals surface area contributed by atoms with Crippen molar-refractivity contribution in [2.24, 2.45) is 5.92 Å². The molecule has 196 valence electrons. The summed E-state index contributed by atoms with van der Waals surface area (Å²) in [6, 6.07) is 14.7. The Morgan fingerprint density at radius 3 is 2.49 bits per heavy atom. The summed E-state index contributed by atoms with van der Waals surface area (Å²) >= 11 is 6.17. The molecule has 2 amide bonds. The Morgan fingerprint density at radius 2 is 1.76 bits per heavy atom. The highest BCUT2D eigenvalue weighted by atomic mass is 35.5. The molecule has 2 aliphatic rings. The van der Waals surface area contributed by atoms with E-state index < -0.39 is 6.04 Å². The number of aromatic amines is 1. The third kappa shape index (κ3) is 6.17. The van der Waals surface area contributed by atoms with E-state index in [1.807, 2.05) is 36.4 Å². The highest BCUT2D eigenvalue weighted by Gasteiger charge is 2.29. The Labute approximate surface area is 223 Å². The number of nitrogens with zero attached hydrogens (tertiary/aromatic N) is 2. The molecule has 0 aliphatic carbocycles. The summed E-state index contributed by atoms with van der Waals surface area (Å²) in [5.74, 6) is -0.0250. The Bertz CT molecular complexity index is 1210. The maximum atomic E-state index is 13.3. The second-order valence-corrected chi connectivity index (χ2v) is 10.9. The standard InChI is InChI=1S/C29H36ClN5O2/c1-34-13-11-23(12-14-34)35-15-9-20(10-16-35)18-32-29(37)27(21-5-3-2-4-6-21)33-28(36)22-7-8-24-25(30)19-31-26(24)17-22/h2-8,17,19-20,23,27,31H,9-16,18H2,1H3,(H,32,37)(H,33,36)/t27-/m1/s1. The zero-order valence-corrected chi connectivity index (χ0v) is 22.1. The Kier molecular flexibility index (Phi) is 8.13. The molecule has 3 heterocycles. The van der Waals surface area contributed by atoms with Gasteiger partial charge in [-0.25, -0.2) is 0 Å². The Morgan fingerprint density at radius 1 is 1.03 bits per heavy atom. The number of carbonyl (C=O) groups excluding carboxylic acids is 2. The largest absolute Gasteiger partial charge is 0.360 e. The van der Waals surface area contributed by atoms with E-state index in [-0.39, 0.29) is 11.8 Å². The van der Waals surface area contributed by atoms with Crippen molar-refractivity contribution in [3.63, 3.8) is 0 Å². The van der Waals surface area contributed by atoms with Gasteiger partial charge in [0.2, 0.25) is 5.91 Å². The van der Waals surface area contributed by atoms with Crippen LogP contribution in [0.25, 0.3) is 10.9 Å². The van der Waals surface area contributed by atoms with Gasteiger partial charge in [0.05, 0.1) is 5.02 Å². The fraction of sp³-hybridized carbons (Fsp3) is 0.448. The summed E-state index contributed by atoms with van der Waals surface area (Å²) in [5, 5.41) is 7.56. The minimum atomic E-state index is -0.768. The first-order valence-electron chi connectivity index (χ1n) is 13.3. The fourth-order valence-corrected chi connectivity index (χ4v) is 5.84. The van der Waals surface area contributed by atoms with Crippen molar-refractivity contribution < 1.29 is 9.59 Å². The normalized spacial score (nSPS) is 19.1. The quantitative estimate of drug-likeness (QED) is 0.435. The molecule has 0 spiro atoms. The summed E-state index contributed by atoms with van der Waals surface area (Å²) in [7, 11) is 2.20. The van der Waals surface area contributed by atoms with Crippen molar-refractivity contribution in [2.45, 2.75) is 37.8 Å². The smallest absolute Gasteiger partial charge is 0.252 e. The average Bonchev–Trinajstić information content (AvgIpc) is 3.31. The molecule has 7 nitrogen and oxygen atoms in total. The molecule has 2 aliphatic heterocycles. The number of halogens is 1. The molecule has 5 rings (SSSR count). The first-order valence-corrected chi connectivity index (χ1v) is 13.7. The molecule has 2 aromatic carbocycles. The highest BCUT2D eigenvalue weighted by Crippen LogP contribution is 2.25. The minimum absolute atomic E-state index is 0.179. The van der Waals surface area contributed by atoms with E-state index in [9.17, 15) is 9.59 Å². The zero-order valence-electron chi connectivity index (χ0n) is 21.4. The SMILES string of the molecule is CN1CCC(N2CCC(CNC(=O)[C@H](NC(=O)c3ccc4c(Cl)c[nH]c4c3)c3ccccc3)CC2)CC1. The van der Waals surface area contributed by atoms with Gasteiger partial charge in [0.15, 0.2) is 0 Å². The molecule has 0 bridgehead atoms. The lowest BCUT2D eigenvalue weighted by molar-refractivity contribution is -0.123. The van der Waals surface area contributed by atoms with E-state index in [0.717, 1.165) is 42.4 Å². The van der Waals surface area contributed by atoms with Gasteiger partial charge in [-0.1, -0.05) is 48.0 Å². The Balaban J connectivity index is 1.19. The highest BCUT2D eigenvalue weighted by molar-refractivity contribution is 6.35. The van der Waals surface area contributed by atoms with E-state index in [1.165, 1.54) is 25.9 Å². The number of hydrogen-bond donors (Lipinski definition) is 3. The second kappa shape index (κ2) is 11.7. The first-order chi connectivity index (χ1) is 18.0. The first kappa shape index (κ1) is 25.8. The summed E-state index contributed by atoms with van der Waals surface area (Å²) in [5.41, 5.74) is 2.01. The number of H-pyrrole nitrogens is 1. The number of rotatable bonds is 7. The monoisotopic (exact) mass is 521 g/mol. The molecule has 0 radical (unpaired) electrons. The number of amides is 2. The van der Waals surface area contributed by atoms with Crippen LogP contribution >= 0.6 is 11.6 Å². The van der Waals surface area contributed by atoms with Crippen molar-refractivity contribution in [3.05, 3.63) is 70.9 Å². The molecule has 3 aromatic rings. The van der Waals surface area contributed by atoms with Gasteiger partial charge in [0.25, 0.3) is 5.91 Å². The lowest BCUT2D eigenvalue weighted by atomic mass is 9.93. The van der Waals surface area contributed by atoms with Gasteiger partial charge < -0.3 is 25.4 Å². The average molecular weight is 522 g/mol. The molecule has 8 heteroatoms. The number of benzene rings is 2. The summed E-state index contributed by atoms with van der Waals surface area (Å²) in [6.45, 7) is 5.18. The molecule has 37 heavy (non-hydrogen) atoms. The van der Waals surface area contributed by atoms with Crippen LogP contribution in [0.1, 0.15) is 47.6 Å². The molecule has 3 N–H and O–H groups in total. The number of hydrogen-bond acceptors (Lipinski definition) is 4. The zero-order chi connectivity index (χ0) is 25.8. The van der Waals surface area contributed by atoms with Crippen LogP contribution < -0.4 is 10.6 Å². The van der Waals surface area contributed by atoms with E-state index in [2.05, 4.69) is 32.5 Å². The number of carbonyl (C=O) groups is 2. The van der Waals surface area contributed by atoms with Gasteiger partial charge >= 0.3 is 0 Å². The van der Waals surface area contributed by atoms with Crippen LogP contribution in [-0.2, 0) is 4.79 Å². The van der Waals surface area contributed by atoms with Crippen molar-refractivity contribution in [3.8, 4) is 0 Å². The molecule has 1 aromatic heterocycles. The summed E-state index contributed by atoms with van der Waals surface area (Å²) in [4.78, 5) is 34.6. The number of likely N-dealkylation sites (tertiary alicyclic amines) is 2. The summed E-state index contributed by atoms with van der Waals surface area (Å²) in [6.07, 6.45) is 6.38. The van der Waals surface area contributed by atoms with E-state index in [1.54, 1.807) is 18.3 Å². The molecule has 2 saturated heterocycles. The lowest BCUT2D eigenvalue weighted by Gasteiger charge is -2.41. The fourth-order valence-electron chi connectivity index (χ4n) is 5.62. The number of piperidine rings is 2. The van der Waals surface area contributed by atoms with Crippen LogP contribution in [0.15, 0.2) is 54.7 Å². The van der Waals surface area contributed by atoms with E-state index >= 15 is 0 Å². The molecule has 2 fully saturated rings. The van der Waals surface area contributed by atoms with Gasteiger partial charge in [-0.05, 0) is 82.5 Å². The van der Waals surface area contributed by atoms with Crippen LogP contribution in [0.3, 0.4) is 0 Å². The molecule has 0 unspecified atom stereocenters. The maximum absolute atomic E-state index is 13.3. The lowest BCUT2D eigenvalue weighted by Crippen LogP contribution is -2.48. The van der Waals surface area contributed by atoms with Gasteiger partial charge in [0.1, 0.15) is 6.04 Å². The Hall–Kier alpha value is -2.87. The molecule has 1 atom stereocenters. The van der Waals surface area contributed by atoms with Crippen molar-refractivity contribution in [1.29, 1.82) is 0 Å². The van der Waals surface area contributed by atoms with Gasteiger partial charge in [-0.15, -0.1) is 0 Å². The van der Waals surface area contributed by atoms with Crippen LogP contribution in [0.2, 0.25) is 5.02 Å². The van der Waals surface area contributed by atoms with Crippen LogP contribution in [-0.4, -0.2) is 72.4 Å². The van der Waals surface area contributed by atoms with Crippen LogP contribution in [0.5, 0.6) is 0 Å². The van der Waals surface area contributed by atoms with Crippen molar-refractivity contribution >= 4 is 34.3 Å². The predicted molar refractivity (Wildman–Crippen MR) is 148 cm³/mol. The molecular weight excluding hydrogens is 486 g/mol. The summed E-state index contributed by atoms with van der Waals surface area (Å²) < 4.78 is 0. The number of nitrogens with one attached hydrogen (secondary N) is 3. The van der Waals surface area contributed by atoms with Crippen molar-refractivity contribution in [1.82, 2.24) is 25.4 Å². The third-order valence-corrected chi connectivity index (χ3v) is 8.30.